The van der Waals surface area contributed by atoms with E-state index in [1.807, 2.05) is 25.3 Å². The van der Waals surface area contributed by atoms with Crippen molar-refractivity contribution in [1.29, 1.82) is 0 Å². The number of aromatic nitrogens is 5. The number of hydrogen-bond donors (Lipinski definition) is 0. The zero-order chi connectivity index (χ0) is 17.9. The lowest BCUT2D eigenvalue weighted by atomic mass is 9.98. The Bertz CT molecular complexity index is 888. The topological polar surface area (TPSA) is 77.7 Å². The average Bonchev–Trinajstić information content (AvgIpc) is 3.06. The monoisotopic (exact) mass is 354 g/mol. The number of fused-ring (bicyclic) bond motifs is 1. The molecule has 0 bridgehead atoms. The lowest BCUT2D eigenvalue weighted by Crippen LogP contribution is -2.36. The first kappa shape index (κ1) is 16.6. The Balaban J connectivity index is 1.31. The van der Waals surface area contributed by atoms with Crippen LogP contribution in [0, 0.1) is 12.8 Å². The van der Waals surface area contributed by atoms with E-state index < -0.39 is 0 Å². The lowest BCUT2D eigenvalue weighted by molar-refractivity contribution is 0.213. The van der Waals surface area contributed by atoms with Gasteiger partial charge in [-0.3, -0.25) is 0 Å². The van der Waals surface area contributed by atoms with E-state index in [-0.39, 0.29) is 0 Å². The molecule has 4 heterocycles. The second kappa shape index (κ2) is 7.15. The minimum Gasteiger partial charge on any atom is -0.481 e. The summed E-state index contributed by atoms with van der Waals surface area (Å²) < 4.78 is 12.8. The van der Waals surface area contributed by atoms with Crippen molar-refractivity contribution in [1.82, 2.24) is 24.6 Å². The van der Waals surface area contributed by atoms with Crippen molar-refractivity contribution in [3.05, 3.63) is 36.3 Å². The first-order valence-electron chi connectivity index (χ1n) is 8.79. The van der Waals surface area contributed by atoms with Crippen molar-refractivity contribution >= 4 is 11.6 Å². The second-order valence-electron chi connectivity index (χ2n) is 6.50. The predicted octanol–water partition coefficient (Wildman–Crippen LogP) is 2.13. The van der Waals surface area contributed by atoms with E-state index in [0.29, 0.717) is 24.3 Å². The summed E-state index contributed by atoms with van der Waals surface area (Å²) in [7, 11) is 1.62. The largest absolute Gasteiger partial charge is 0.481 e. The smallest absolute Gasteiger partial charge is 0.231 e. The maximum atomic E-state index is 5.91. The number of imidazole rings is 1. The molecule has 0 atom stereocenters. The van der Waals surface area contributed by atoms with Gasteiger partial charge in [0.05, 0.1) is 25.6 Å². The molecule has 0 spiro atoms. The molecule has 0 aliphatic carbocycles. The van der Waals surface area contributed by atoms with Crippen molar-refractivity contribution in [2.24, 2.45) is 5.92 Å². The van der Waals surface area contributed by atoms with E-state index in [2.05, 4.69) is 25.0 Å². The van der Waals surface area contributed by atoms with Crippen LogP contribution in [0.1, 0.15) is 18.5 Å². The third kappa shape index (κ3) is 3.54. The molecule has 8 heteroatoms. The van der Waals surface area contributed by atoms with Gasteiger partial charge in [0.1, 0.15) is 0 Å². The molecule has 3 aromatic rings. The van der Waals surface area contributed by atoms with Crippen LogP contribution < -0.4 is 14.4 Å². The molecule has 3 aromatic heterocycles. The molecular formula is C18H22N6O2. The third-order valence-electron chi connectivity index (χ3n) is 4.61. The maximum Gasteiger partial charge on any atom is 0.231 e. The Morgan fingerprint density at radius 2 is 1.96 bits per heavy atom. The van der Waals surface area contributed by atoms with Gasteiger partial charge in [-0.05, 0) is 31.7 Å². The molecule has 0 aromatic carbocycles. The van der Waals surface area contributed by atoms with Crippen LogP contribution >= 0.6 is 0 Å². The minimum absolute atomic E-state index is 0.499. The van der Waals surface area contributed by atoms with Crippen molar-refractivity contribution in [3.8, 4) is 11.8 Å². The highest BCUT2D eigenvalue weighted by molar-refractivity contribution is 5.39. The summed E-state index contributed by atoms with van der Waals surface area (Å²) in [4.78, 5) is 15.3. The molecule has 0 N–H and O–H groups in total. The van der Waals surface area contributed by atoms with E-state index in [0.717, 1.165) is 43.2 Å². The number of anilines is 1. The summed E-state index contributed by atoms with van der Waals surface area (Å²) in [5.41, 5.74) is 1.78. The second-order valence-corrected chi connectivity index (χ2v) is 6.50. The molecule has 0 unspecified atom stereocenters. The fourth-order valence-corrected chi connectivity index (χ4v) is 3.16. The lowest BCUT2D eigenvalue weighted by Gasteiger charge is -2.31. The van der Waals surface area contributed by atoms with Crippen LogP contribution in [0.4, 0.5) is 5.95 Å². The third-order valence-corrected chi connectivity index (χ3v) is 4.61. The summed E-state index contributed by atoms with van der Waals surface area (Å²) in [6.07, 6.45) is 5.70. The Morgan fingerprint density at radius 3 is 2.77 bits per heavy atom. The molecule has 4 rings (SSSR count). The molecule has 8 nitrogen and oxygen atoms in total. The first-order valence-corrected chi connectivity index (χ1v) is 8.79. The Morgan fingerprint density at radius 1 is 1.12 bits per heavy atom. The maximum absolute atomic E-state index is 5.91. The Labute approximate surface area is 151 Å². The van der Waals surface area contributed by atoms with Gasteiger partial charge in [0.25, 0.3) is 0 Å². The van der Waals surface area contributed by atoms with Gasteiger partial charge in [-0.1, -0.05) is 0 Å². The molecule has 0 amide bonds. The van der Waals surface area contributed by atoms with E-state index >= 15 is 0 Å². The number of aryl methyl sites for hydroxylation is 1. The van der Waals surface area contributed by atoms with Gasteiger partial charge in [0.15, 0.2) is 5.65 Å². The summed E-state index contributed by atoms with van der Waals surface area (Å²) in [6.45, 7) is 4.44. The number of nitrogens with zero attached hydrogens (tertiary/aromatic N) is 6. The zero-order valence-electron chi connectivity index (χ0n) is 15.0. The van der Waals surface area contributed by atoms with Crippen molar-refractivity contribution in [2.45, 2.75) is 19.8 Å². The Kier molecular flexibility index (Phi) is 4.55. The van der Waals surface area contributed by atoms with Crippen LogP contribution in [0.2, 0.25) is 0 Å². The van der Waals surface area contributed by atoms with Gasteiger partial charge in [-0.2, -0.15) is 4.98 Å². The van der Waals surface area contributed by atoms with Crippen LogP contribution in [-0.4, -0.2) is 51.4 Å². The van der Waals surface area contributed by atoms with E-state index in [9.17, 15) is 0 Å². The van der Waals surface area contributed by atoms with Crippen LogP contribution in [0.25, 0.3) is 5.65 Å². The van der Waals surface area contributed by atoms with Gasteiger partial charge >= 0.3 is 0 Å². The predicted molar refractivity (Wildman–Crippen MR) is 96.7 cm³/mol. The SMILES string of the molecule is COc1ccnc(N2CCC(COc3ccc4nc(C)cn4n3)CC2)n1. The molecule has 1 saturated heterocycles. The van der Waals surface area contributed by atoms with Crippen LogP contribution in [-0.2, 0) is 0 Å². The van der Waals surface area contributed by atoms with Gasteiger partial charge in [0, 0.05) is 31.4 Å². The number of methoxy groups -OCH3 is 1. The normalized spacial score (nSPS) is 15.4. The highest BCUT2D eigenvalue weighted by atomic mass is 16.5. The highest BCUT2D eigenvalue weighted by Gasteiger charge is 2.22. The molecule has 26 heavy (non-hydrogen) atoms. The van der Waals surface area contributed by atoms with Crippen LogP contribution in [0.3, 0.4) is 0 Å². The number of ether oxygens (including phenoxy) is 2. The fraction of sp³-hybridized carbons (Fsp3) is 0.444. The first-order chi connectivity index (χ1) is 12.7. The molecule has 136 valence electrons. The number of hydrogen-bond acceptors (Lipinski definition) is 7. The summed E-state index contributed by atoms with van der Waals surface area (Å²) >= 11 is 0. The van der Waals surface area contributed by atoms with E-state index in [1.165, 1.54) is 0 Å². The number of piperidine rings is 1. The fourth-order valence-electron chi connectivity index (χ4n) is 3.16. The van der Waals surface area contributed by atoms with E-state index in [1.54, 1.807) is 23.9 Å². The van der Waals surface area contributed by atoms with Crippen molar-refractivity contribution in [3.63, 3.8) is 0 Å². The zero-order valence-corrected chi connectivity index (χ0v) is 15.0. The molecular weight excluding hydrogens is 332 g/mol. The van der Waals surface area contributed by atoms with Gasteiger partial charge < -0.3 is 14.4 Å². The molecule has 0 saturated carbocycles. The standard InChI is InChI=1S/C18H22N6O2/c1-13-11-24-15(20-13)3-4-17(22-24)26-12-14-6-9-23(10-7-14)18-19-8-5-16(21-18)25-2/h3-5,8,11,14H,6-7,9-10,12H2,1-2H3. The molecule has 1 aliphatic heterocycles. The van der Waals surface area contributed by atoms with Crippen LogP contribution in [0.15, 0.2) is 30.6 Å². The minimum atomic E-state index is 0.499. The molecule has 0 radical (unpaired) electrons. The van der Waals surface area contributed by atoms with E-state index in [4.69, 9.17) is 9.47 Å². The van der Waals surface area contributed by atoms with Crippen LogP contribution in [0.5, 0.6) is 11.8 Å². The van der Waals surface area contributed by atoms with Gasteiger partial charge in [-0.25, -0.2) is 14.5 Å². The number of rotatable bonds is 5. The summed E-state index contributed by atoms with van der Waals surface area (Å²) in [5.74, 6) is 2.45. The molecule has 1 aliphatic rings. The average molecular weight is 354 g/mol. The van der Waals surface area contributed by atoms with Crippen molar-refractivity contribution < 1.29 is 9.47 Å². The van der Waals surface area contributed by atoms with Crippen molar-refractivity contribution in [2.75, 3.05) is 31.7 Å². The highest BCUT2D eigenvalue weighted by Crippen LogP contribution is 2.22. The summed E-state index contributed by atoms with van der Waals surface area (Å²) in [6, 6.07) is 5.56. The Hall–Kier alpha value is -2.90. The molecule has 1 fully saturated rings. The van der Waals surface area contributed by atoms with Gasteiger partial charge in [0.2, 0.25) is 17.7 Å². The van der Waals surface area contributed by atoms with Gasteiger partial charge in [-0.15, -0.1) is 5.10 Å². The quantitative estimate of drug-likeness (QED) is 0.694. The summed E-state index contributed by atoms with van der Waals surface area (Å²) in [5, 5.41) is 4.45.